The van der Waals surface area contributed by atoms with Crippen molar-refractivity contribution in [2.24, 2.45) is 0 Å². The van der Waals surface area contributed by atoms with Gasteiger partial charge in [-0.3, -0.25) is 4.79 Å². The fourth-order valence-corrected chi connectivity index (χ4v) is 4.04. The molecule has 1 aromatic carbocycles. The number of carbonyl (C=O) groups is 1. The highest BCUT2D eigenvalue weighted by atomic mass is 32.1. The maximum Gasteiger partial charge on any atom is 0.270 e. The second-order valence-corrected chi connectivity index (χ2v) is 7.63. The van der Waals surface area contributed by atoms with Gasteiger partial charge >= 0.3 is 0 Å². The van der Waals surface area contributed by atoms with Gasteiger partial charge in [0.1, 0.15) is 11.5 Å². The molecule has 1 N–H and O–H groups in total. The summed E-state index contributed by atoms with van der Waals surface area (Å²) in [4.78, 5) is 22.0. The number of carbonyl (C=O) groups excluding carboxylic acids is 1. The van der Waals surface area contributed by atoms with Crippen LogP contribution in [-0.4, -0.2) is 33.9 Å². The van der Waals surface area contributed by atoms with Crippen molar-refractivity contribution in [2.45, 2.75) is 26.2 Å². The second-order valence-electron chi connectivity index (χ2n) is 6.69. The first-order valence-corrected chi connectivity index (χ1v) is 9.65. The zero-order valence-electron chi connectivity index (χ0n) is 14.6. The summed E-state index contributed by atoms with van der Waals surface area (Å²) in [5.41, 5.74) is 3.92. The Morgan fingerprint density at radius 1 is 1.31 bits per heavy atom. The summed E-state index contributed by atoms with van der Waals surface area (Å²) in [5, 5.41) is 2.91. The van der Waals surface area contributed by atoms with E-state index in [1.165, 1.54) is 0 Å². The van der Waals surface area contributed by atoms with Crippen molar-refractivity contribution in [3.63, 3.8) is 0 Å². The third kappa shape index (κ3) is 3.42. The highest BCUT2D eigenvalue weighted by Crippen LogP contribution is 2.25. The molecule has 1 aliphatic rings. The number of amides is 1. The molecule has 0 unspecified atom stereocenters. The largest absolute Gasteiger partial charge is 0.357 e. The Kier molecular flexibility index (Phi) is 4.59. The lowest BCUT2D eigenvalue weighted by atomic mass is 10.1. The van der Waals surface area contributed by atoms with Gasteiger partial charge in [0, 0.05) is 36.7 Å². The third-order valence-corrected chi connectivity index (χ3v) is 5.59. The number of hydrogen-bond acceptors (Lipinski definition) is 3. The standard InChI is InChI=1S/C20H20FN3OS/c1-13-4-5-14(8-16(13)21)9-19-23-18(12-26-19)15-10-17(22-11-15)20(25)24-6-2-3-7-24/h4-5,8,10-12,22H,2-3,6-7,9H2,1H3. The second kappa shape index (κ2) is 7.03. The van der Waals surface area contributed by atoms with Crippen LogP contribution in [0.25, 0.3) is 11.3 Å². The molecule has 4 nitrogen and oxygen atoms in total. The summed E-state index contributed by atoms with van der Waals surface area (Å²) in [6, 6.07) is 7.16. The van der Waals surface area contributed by atoms with Gasteiger partial charge in [-0.25, -0.2) is 9.37 Å². The number of aryl methyl sites for hydroxylation is 1. The lowest BCUT2D eigenvalue weighted by Gasteiger charge is -2.13. The first-order valence-electron chi connectivity index (χ1n) is 8.77. The molecule has 0 bridgehead atoms. The zero-order chi connectivity index (χ0) is 18.1. The average molecular weight is 369 g/mol. The van der Waals surface area contributed by atoms with Crippen LogP contribution in [0.4, 0.5) is 4.39 Å². The lowest BCUT2D eigenvalue weighted by molar-refractivity contribution is 0.0788. The minimum absolute atomic E-state index is 0.0549. The Morgan fingerprint density at radius 3 is 2.88 bits per heavy atom. The van der Waals surface area contributed by atoms with E-state index < -0.39 is 0 Å². The Bertz CT molecular complexity index is 940. The molecule has 1 saturated heterocycles. The monoisotopic (exact) mass is 369 g/mol. The van der Waals surface area contributed by atoms with Crippen molar-refractivity contribution < 1.29 is 9.18 Å². The molecule has 4 rings (SSSR count). The van der Waals surface area contributed by atoms with E-state index in [4.69, 9.17) is 0 Å². The van der Waals surface area contributed by atoms with Crippen molar-refractivity contribution in [1.82, 2.24) is 14.9 Å². The number of likely N-dealkylation sites (tertiary alicyclic amines) is 1. The number of hydrogen-bond donors (Lipinski definition) is 1. The summed E-state index contributed by atoms with van der Waals surface area (Å²) in [6.45, 7) is 3.43. The quantitative estimate of drug-likeness (QED) is 0.740. The number of halogens is 1. The molecule has 1 aliphatic heterocycles. The van der Waals surface area contributed by atoms with Gasteiger partial charge in [-0.2, -0.15) is 0 Å². The van der Waals surface area contributed by atoms with E-state index in [9.17, 15) is 9.18 Å². The van der Waals surface area contributed by atoms with E-state index in [1.807, 2.05) is 28.6 Å². The molecule has 26 heavy (non-hydrogen) atoms. The normalized spacial score (nSPS) is 14.2. The molecule has 0 saturated carbocycles. The number of nitrogens with zero attached hydrogens (tertiary/aromatic N) is 2. The van der Waals surface area contributed by atoms with Crippen molar-refractivity contribution >= 4 is 17.2 Å². The predicted octanol–water partition coefficient (Wildman–Crippen LogP) is 4.41. The van der Waals surface area contributed by atoms with E-state index in [-0.39, 0.29) is 11.7 Å². The molecule has 1 fully saturated rings. The van der Waals surface area contributed by atoms with E-state index >= 15 is 0 Å². The molecule has 0 atom stereocenters. The number of aromatic amines is 1. The van der Waals surface area contributed by atoms with Gasteiger partial charge in [0.2, 0.25) is 0 Å². The smallest absolute Gasteiger partial charge is 0.270 e. The van der Waals surface area contributed by atoms with Gasteiger partial charge in [0.25, 0.3) is 5.91 Å². The first-order chi connectivity index (χ1) is 12.6. The van der Waals surface area contributed by atoms with E-state index in [2.05, 4.69) is 9.97 Å². The van der Waals surface area contributed by atoms with Gasteiger partial charge in [-0.1, -0.05) is 12.1 Å². The van der Waals surface area contributed by atoms with Gasteiger partial charge < -0.3 is 9.88 Å². The maximum absolute atomic E-state index is 13.7. The molecule has 1 amide bonds. The zero-order valence-corrected chi connectivity index (χ0v) is 15.4. The summed E-state index contributed by atoms with van der Waals surface area (Å²) in [6.07, 6.45) is 4.59. The molecule has 6 heteroatoms. The van der Waals surface area contributed by atoms with E-state index in [1.54, 1.807) is 30.4 Å². The molecular weight excluding hydrogens is 349 g/mol. The Labute approximate surface area is 155 Å². The van der Waals surface area contributed by atoms with Crippen molar-refractivity contribution in [1.29, 1.82) is 0 Å². The highest BCUT2D eigenvalue weighted by Gasteiger charge is 2.21. The summed E-state index contributed by atoms with van der Waals surface area (Å²) in [7, 11) is 0. The number of benzene rings is 1. The lowest BCUT2D eigenvalue weighted by Crippen LogP contribution is -2.27. The van der Waals surface area contributed by atoms with Crippen molar-refractivity contribution in [3.05, 3.63) is 63.5 Å². The van der Waals surface area contributed by atoms with Crippen LogP contribution in [0.15, 0.2) is 35.8 Å². The highest BCUT2D eigenvalue weighted by molar-refractivity contribution is 7.10. The van der Waals surface area contributed by atoms with Crippen LogP contribution in [0, 0.1) is 12.7 Å². The maximum atomic E-state index is 13.7. The number of H-pyrrole nitrogens is 1. The van der Waals surface area contributed by atoms with Gasteiger partial charge in [0.05, 0.1) is 10.7 Å². The molecule has 0 radical (unpaired) electrons. The van der Waals surface area contributed by atoms with Gasteiger partial charge in [0.15, 0.2) is 0 Å². The van der Waals surface area contributed by atoms with E-state index in [0.717, 1.165) is 47.8 Å². The Balaban J connectivity index is 1.49. The molecule has 0 aliphatic carbocycles. The molecule has 2 aromatic heterocycles. The number of rotatable bonds is 4. The fraction of sp³-hybridized carbons (Fsp3) is 0.300. The first kappa shape index (κ1) is 17.0. The van der Waals surface area contributed by atoms with Gasteiger partial charge in [-0.15, -0.1) is 11.3 Å². The topological polar surface area (TPSA) is 49.0 Å². The minimum Gasteiger partial charge on any atom is -0.357 e. The third-order valence-electron chi connectivity index (χ3n) is 4.75. The van der Waals surface area contributed by atoms with Gasteiger partial charge in [-0.05, 0) is 43.0 Å². The fourth-order valence-electron chi connectivity index (χ4n) is 3.20. The van der Waals surface area contributed by atoms with Crippen LogP contribution in [0.1, 0.15) is 39.5 Å². The van der Waals surface area contributed by atoms with Crippen LogP contribution in [-0.2, 0) is 6.42 Å². The van der Waals surface area contributed by atoms with Crippen molar-refractivity contribution in [2.75, 3.05) is 13.1 Å². The molecule has 3 aromatic rings. The Hall–Kier alpha value is -2.47. The molecule has 134 valence electrons. The van der Waals surface area contributed by atoms with Crippen molar-refractivity contribution in [3.8, 4) is 11.3 Å². The van der Waals surface area contributed by atoms with Crippen LogP contribution < -0.4 is 0 Å². The summed E-state index contributed by atoms with van der Waals surface area (Å²) in [5.74, 6) is -0.130. The van der Waals surface area contributed by atoms with Crippen LogP contribution in [0.3, 0.4) is 0 Å². The van der Waals surface area contributed by atoms with Crippen LogP contribution in [0.5, 0.6) is 0 Å². The number of aromatic nitrogens is 2. The SMILES string of the molecule is Cc1ccc(Cc2nc(-c3c[nH]c(C(=O)N4CCCC4)c3)cs2)cc1F. The number of nitrogens with one attached hydrogen (secondary N) is 1. The van der Waals surface area contributed by atoms with Crippen LogP contribution in [0.2, 0.25) is 0 Å². The summed E-state index contributed by atoms with van der Waals surface area (Å²) < 4.78 is 13.7. The van der Waals surface area contributed by atoms with Crippen LogP contribution >= 0.6 is 11.3 Å². The molecular formula is C20H20FN3OS. The molecule has 3 heterocycles. The summed E-state index contributed by atoms with van der Waals surface area (Å²) >= 11 is 1.55. The Morgan fingerprint density at radius 2 is 2.12 bits per heavy atom. The average Bonchev–Trinajstić information content (AvgIpc) is 3.38. The predicted molar refractivity (Wildman–Crippen MR) is 101 cm³/mol. The molecule has 0 spiro atoms. The van der Waals surface area contributed by atoms with E-state index in [0.29, 0.717) is 17.7 Å². The number of thiazole rings is 1. The minimum atomic E-state index is -0.185.